The highest BCUT2D eigenvalue weighted by Crippen LogP contribution is 2.24. The highest BCUT2D eigenvalue weighted by Gasteiger charge is 2.27. The first-order valence-corrected chi connectivity index (χ1v) is 7.65. The molecule has 1 aromatic heterocycles. The van der Waals surface area contributed by atoms with Crippen LogP contribution in [0.25, 0.3) is 0 Å². The molecule has 0 bridgehead atoms. The third-order valence-electron chi connectivity index (χ3n) is 2.69. The molecular formula is C13H22N2O3S. The van der Waals surface area contributed by atoms with Gasteiger partial charge in [-0.25, -0.2) is 8.42 Å². The van der Waals surface area contributed by atoms with Crippen molar-refractivity contribution in [3.63, 3.8) is 0 Å². The summed E-state index contributed by atoms with van der Waals surface area (Å²) < 4.78 is 31.9. The van der Waals surface area contributed by atoms with Crippen LogP contribution in [-0.2, 0) is 16.6 Å². The Kier molecular flexibility index (Phi) is 5.34. The Hall–Kier alpha value is -1.11. The van der Waals surface area contributed by atoms with E-state index in [1.807, 2.05) is 13.8 Å². The Bertz CT molecular complexity index is 546. The summed E-state index contributed by atoms with van der Waals surface area (Å²) >= 11 is 0. The number of aryl methyl sites for hydroxylation is 1. The Morgan fingerprint density at radius 2 is 2.16 bits per heavy atom. The number of furan rings is 1. The molecule has 1 N–H and O–H groups in total. The number of sulfonamides is 1. The van der Waals surface area contributed by atoms with Crippen molar-refractivity contribution < 1.29 is 12.8 Å². The van der Waals surface area contributed by atoms with Gasteiger partial charge in [-0.2, -0.15) is 4.31 Å². The number of rotatable bonds is 7. The second-order valence-electron chi connectivity index (χ2n) is 4.55. The van der Waals surface area contributed by atoms with Crippen molar-refractivity contribution in [2.24, 2.45) is 0 Å². The molecule has 1 rings (SSSR count). The van der Waals surface area contributed by atoms with Crippen molar-refractivity contribution in [3.8, 4) is 0 Å². The van der Waals surface area contributed by atoms with Crippen LogP contribution in [0.4, 0.5) is 0 Å². The zero-order chi connectivity index (χ0) is 14.6. The minimum absolute atomic E-state index is 0.237. The topological polar surface area (TPSA) is 62.6 Å². The van der Waals surface area contributed by atoms with Crippen LogP contribution in [-0.4, -0.2) is 32.9 Å². The lowest BCUT2D eigenvalue weighted by Gasteiger charge is -2.19. The van der Waals surface area contributed by atoms with E-state index in [-0.39, 0.29) is 4.90 Å². The van der Waals surface area contributed by atoms with E-state index >= 15 is 0 Å². The quantitative estimate of drug-likeness (QED) is 0.778. The number of likely N-dealkylation sites (N-methyl/N-ethyl adjacent to an activating group) is 1. The third kappa shape index (κ3) is 3.68. The van der Waals surface area contributed by atoms with Crippen LogP contribution >= 0.6 is 0 Å². The van der Waals surface area contributed by atoms with Crippen molar-refractivity contribution in [3.05, 3.63) is 29.7 Å². The maximum absolute atomic E-state index is 12.5. The summed E-state index contributed by atoms with van der Waals surface area (Å²) in [7, 11) is -1.74. The molecule has 0 unspecified atom stereocenters. The van der Waals surface area contributed by atoms with Crippen molar-refractivity contribution in [2.45, 2.75) is 32.2 Å². The zero-order valence-electron chi connectivity index (χ0n) is 12.0. The minimum Gasteiger partial charge on any atom is -0.464 e. The van der Waals surface area contributed by atoms with E-state index in [0.29, 0.717) is 31.2 Å². The van der Waals surface area contributed by atoms with Gasteiger partial charge in [-0.05, 0) is 20.9 Å². The van der Waals surface area contributed by atoms with E-state index in [9.17, 15) is 8.42 Å². The van der Waals surface area contributed by atoms with E-state index < -0.39 is 10.0 Å². The molecule has 0 amide bonds. The van der Waals surface area contributed by atoms with Crippen LogP contribution in [0.15, 0.2) is 27.5 Å². The van der Waals surface area contributed by atoms with Gasteiger partial charge in [0.25, 0.3) is 0 Å². The number of nitrogens with zero attached hydrogens (tertiary/aromatic N) is 1. The van der Waals surface area contributed by atoms with Crippen LogP contribution < -0.4 is 5.32 Å². The van der Waals surface area contributed by atoms with Gasteiger partial charge in [0.05, 0.1) is 6.54 Å². The Morgan fingerprint density at radius 3 is 2.63 bits per heavy atom. The second-order valence-corrected chi connectivity index (χ2v) is 6.46. The molecule has 1 heterocycles. The monoisotopic (exact) mass is 286 g/mol. The SMILES string of the molecule is C=C(C)CN(CC)S(=O)(=O)c1cc(CNC)oc1C. The summed E-state index contributed by atoms with van der Waals surface area (Å²) in [4.78, 5) is 0.237. The van der Waals surface area contributed by atoms with Gasteiger partial charge in [0.2, 0.25) is 10.0 Å². The standard InChI is InChI=1S/C13H22N2O3S/c1-6-15(9-10(2)3)19(16,17)13-7-12(8-14-5)18-11(13)4/h7,14H,2,6,8-9H2,1,3-5H3. The molecule has 5 nitrogen and oxygen atoms in total. The lowest BCUT2D eigenvalue weighted by atomic mass is 10.3. The number of hydrogen-bond acceptors (Lipinski definition) is 4. The highest BCUT2D eigenvalue weighted by molar-refractivity contribution is 7.89. The first-order chi connectivity index (χ1) is 8.82. The Labute approximate surface area is 115 Å². The van der Waals surface area contributed by atoms with Crippen LogP contribution in [0, 0.1) is 6.92 Å². The molecule has 108 valence electrons. The van der Waals surface area contributed by atoms with Crippen LogP contribution in [0.5, 0.6) is 0 Å². The van der Waals surface area contributed by atoms with Gasteiger partial charge in [0, 0.05) is 19.2 Å². The molecule has 0 aliphatic heterocycles. The molecular weight excluding hydrogens is 264 g/mol. The molecule has 0 spiro atoms. The lowest BCUT2D eigenvalue weighted by Crippen LogP contribution is -2.32. The smallest absolute Gasteiger partial charge is 0.246 e. The summed E-state index contributed by atoms with van der Waals surface area (Å²) in [5, 5.41) is 2.94. The predicted molar refractivity (Wildman–Crippen MR) is 75.5 cm³/mol. The molecule has 0 saturated carbocycles. The third-order valence-corrected chi connectivity index (χ3v) is 4.72. The molecule has 0 saturated heterocycles. The van der Waals surface area contributed by atoms with E-state index in [1.54, 1.807) is 20.0 Å². The van der Waals surface area contributed by atoms with E-state index in [4.69, 9.17) is 4.42 Å². The van der Waals surface area contributed by atoms with Crippen molar-refractivity contribution >= 4 is 10.0 Å². The van der Waals surface area contributed by atoms with E-state index in [1.165, 1.54) is 4.31 Å². The molecule has 0 radical (unpaired) electrons. The second kappa shape index (κ2) is 6.36. The highest BCUT2D eigenvalue weighted by atomic mass is 32.2. The molecule has 0 aromatic carbocycles. The van der Waals surface area contributed by atoms with Gasteiger partial charge in [0.1, 0.15) is 16.4 Å². The van der Waals surface area contributed by atoms with Gasteiger partial charge in [-0.1, -0.05) is 19.1 Å². The van der Waals surface area contributed by atoms with Crippen molar-refractivity contribution in [2.75, 3.05) is 20.1 Å². The molecule has 19 heavy (non-hydrogen) atoms. The van der Waals surface area contributed by atoms with Gasteiger partial charge >= 0.3 is 0 Å². The van der Waals surface area contributed by atoms with Crippen molar-refractivity contribution in [1.82, 2.24) is 9.62 Å². The van der Waals surface area contributed by atoms with Crippen LogP contribution in [0.2, 0.25) is 0 Å². The molecule has 0 fully saturated rings. The maximum atomic E-state index is 12.5. The van der Waals surface area contributed by atoms with Gasteiger partial charge in [-0.3, -0.25) is 0 Å². The molecule has 0 aliphatic carbocycles. The average molecular weight is 286 g/mol. The fraction of sp³-hybridized carbons (Fsp3) is 0.538. The first-order valence-electron chi connectivity index (χ1n) is 6.21. The summed E-state index contributed by atoms with van der Waals surface area (Å²) in [6.45, 7) is 10.3. The van der Waals surface area contributed by atoms with Gasteiger partial charge in [-0.15, -0.1) is 0 Å². The van der Waals surface area contributed by atoms with Crippen LogP contribution in [0.3, 0.4) is 0 Å². The summed E-state index contributed by atoms with van der Waals surface area (Å²) in [6.07, 6.45) is 0. The largest absolute Gasteiger partial charge is 0.464 e. The van der Waals surface area contributed by atoms with Crippen LogP contribution in [0.1, 0.15) is 25.4 Å². The fourth-order valence-electron chi connectivity index (χ4n) is 1.85. The average Bonchev–Trinajstić information content (AvgIpc) is 2.68. The van der Waals surface area contributed by atoms with E-state index in [0.717, 1.165) is 5.57 Å². The zero-order valence-corrected chi connectivity index (χ0v) is 12.8. The van der Waals surface area contributed by atoms with Crippen molar-refractivity contribution in [1.29, 1.82) is 0 Å². The predicted octanol–water partition coefficient (Wildman–Crippen LogP) is 1.89. The number of hydrogen-bond donors (Lipinski definition) is 1. The maximum Gasteiger partial charge on any atom is 0.246 e. The summed E-state index contributed by atoms with van der Waals surface area (Å²) in [5.41, 5.74) is 0.807. The Balaban J connectivity index is 3.14. The normalized spacial score (nSPS) is 12.1. The fourth-order valence-corrected chi connectivity index (χ4v) is 3.54. The summed E-state index contributed by atoms with van der Waals surface area (Å²) in [5.74, 6) is 1.04. The van der Waals surface area contributed by atoms with Gasteiger partial charge in [0.15, 0.2) is 0 Å². The van der Waals surface area contributed by atoms with E-state index in [2.05, 4.69) is 11.9 Å². The molecule has 0 atom stereocenters. The number of nitrogens with one attached hydrogen (secondary N) is 1. The van der Waals surface area contributed by atoms with Gasteiger partial charge < -0.3 is 9.73 Å². The Morgan fingerprint density at radius 1 is 1.53 bits per heavy atom. The lowest BCUT2D eigenvalue weighted by molar-refractivity contribution is 0.444. The first kappa shape index (κ1) is 15.9. The molecule has 0 aliphatic rings. The molecule has 1 aromatic rings. The summed E-state index contributed by atoms with van der Waals surface area (Å²) in [6, 6.07) is 1.59. The minimum atomic E-state index is -3.52. The molecule has 6 heteroatoms.